The minimum absolute atomic E-state index is 0. The molecule has 0 aromatic heterocycles. The Morgan fingerprint density at radius 2 is 1.30 bits per heavy atom. The second-order valence-corrected chi connectivity index (χ2v) is 7.34. The molecule has 0 N–H and O–H groups in total. The summed E-state index contributed by atoms with van der Waals surface area (Å²) < 4.78 is 0. The average molecular weight is 338 g/mol. The van der Waals surface area contributed by atoms with Crippen LogP contribution >= 0.6 is 7.92 Å². The van der Waals surface area contributed by atoms with Gasteiger partial charge in [-0.3, -0.25) is 0 Å². The SMILES string of the molecule is C.O=C([O-])CCCCCP(c1ccccc1)c1ccccc1.[Na+]. The number of hydrogen-bond acceptors (Lipinski definition) is 2. The maximum absolute atomic E-state index is 10.4. The summed E-state index contributed by atoms with van der Waals surface area (Å²) in [6.07, 6.45) is 4.01. The summed E-state index contributed by atoms with van der Waals surface area (Å²) in [5.74, 6) is -0.941. The molecule has 0 heterocycles. The van der Waals surface area contributed by atoms with E-state index in [9.17, 15) is 9.90 Å². The van der Waals surface area contributed by atoms with Gasteiger partial charge in [-0.2, -0.15) is 0 Å². The van der Waals surface area contributed by atoms with Gasteiger partial charge in [-0.05, 0) is 44.0 Å². The molecule has 0 fully saturated rings. The van der Waals surface area contributed by atoms with Crippen LogP contribution in [-0.2, 0) is 4.79 Å². The zero-order valence-corrected chi connectivity index (χ0v) is 16.0. The van der Waals surface area contributed by atoms with E-state index in [1.807, 2.05) is 12.1 Å². The van der Waals surface area contributed by atoms with Crippen molar-refractivity contribution in [3.8, 4) is 0 Å². The molecule has 0 saturated heterocycles. The van der Waals surface area contributed by atoms with Crippen LogP contribution in [0.3, 0.4) is 0 Å². The molecule has 118 valence electrons. The Kier molecular flexibility index (Phi) is 12.4. The molecule has 0 atom stereocenters. The summed E-state index contributed by atoms with van der Waals surface area (Å²) in [6.45, 7) is 0. The number of rotatable bonds is 8. The summed E-state index contributed by atoms with van der Waals surface area (Å²) in [5.41, 5.74) is 0. The standard InChI is InChI=1S/C18H21O2P.CH4.Na/c19-18(20)14-8-3-9-15-21(16-10-4-1-5-11-16)17-12-6-2-7-13-17;;/h1-2,4-7,10-13H,3,8-9,14-15H2,(H,19,20);1H4;/q;;+1/p-1. The molecule has 2 aromatic carbocycles. The smallest absolute Gasteiger partial charge is 0.550 e. The first-order valence-corrected chi connectivity index (χ1v) is 8.87. The van der Waals surface area contributed by atoms with Crippen molar-refractivity contribution in [1.29, 1.82) is 0 Å². The van der Waals surface area contributed by atoms with Crippen LogP contribution in [0.5, 0.6) is 0 Å². The van der Waals surface area contributed by atoms with Gasteiger partial charge in [0.15, 0.2) is 0 Å². The van der Waals surface area contributed by atoms with Crippen molar-refractivity contribution < 1.29 is 39.5 Å². The number of hydrogen-bond donors (Lipinski definition) is 0. The van der Waals surface area contributed by atoms with Crippen LogP contribution in [0.4, 0.5) is 0 Å². The van der Waals surface area contributed by atoms with Crippen LogP contribution in [-0.4, -0.2) is 12.1 Å². The van der Waals surface area contributed by atoms with E-state index >= 15 is 0 Å². The fraction of sp³-hybridized carbons (Fsp3) is 0.316. The van der Waals surface area contributed by atoms with Crippen molar-refractivity contribution in [2.24, 2.45) is 0 Å². The number of carboxylic acid groups (broad SMARTS) is 1. The van der Waals surface area contributed by atoms with Gasteiger partial charge in [-0.1, -0.05) is 74.5 Å². The van der Waals surface area contributed by atoms with E-state index in [1.165, 1.54) is 10.6 Å². The second-order valence-electron chi connectivity index (χ2n) is 5.01. The third-order valence-electron chi connectivity index (χ3n) is 3.40. The van der Waals surface area contributed by atoms with E-state index in [-0.39, 0.29) is 51.3 Å². The normalized spacial score (nSPS) is 9.78. The van der Waals surface area contributed by atoms with Gasteiger partial charge in [0.2, 0.25) is 0 Å². The Morgan fingerprint density at radius 1 is 0.826 bits per heavy atom. The first-order chi connectivity index (χ1) is 10.3. The fourth-order valence-electron chi connectivity index (χ4n) is 2.34. The largest absolute Gasteiger partial charge is 1.00 e. The monoisotopic (exact) mass is 338 g/mol. The first kappa shape index (κ1) is 22.3. The number of benzene rings is 2. The summed E-state index contributed by atoms with van der Waals surface area (Å²) in [4.78, 5) is 10.4. The molecule has 4 heteroatoms. The Bertz CT molecular complexity index is 506. The quantitative estimate of drug-likeness (QED) is 0.388. The van der Waals surface area contributed by atoms with Crippen LogP contribution in [0.2, 0.25) is 0 Å². The van der Waals surface area contributed by atoms with Gasteiger partial charge in [0.1, 0.15) is 0 Å². The number of carbonyl (C=O) groups is 1. The molecular formula is C19H24NaO2P. The van der Waals surface area contributed by atoms with Gasteiger partial charge in [0.25, 0.3) is 0 Å². The third-order valence-corrected chi connectivity index (χ3v) is 6.00. The topological polar surface area (TPSA) is 40.1 Å². The van der Waals surface area contributed by atoms with Crippen molar-refractivity contribution in [3.05, 3.63) is 60.7 Å². The van der Waals surface area contributed by atoms with E-state index in [2.05, 4.69) is 48.5 Å². The van der Waals surface area contributed by atoms with E-state index < -0.39 is 5.97 Å². The van der Waals surface area contributed by atoms with Crippen molar-refractivity contribution in [1.82, 2.24) is 0 Å². The zero-order valence-electron chi connectivity index (χ0n) is 13.1. The average Bonchev–Trinajstić information content (AvgIpc) is 2.52. The summed E-state index contributed by atoms with van der Waals surface area (Å²) in [5, 5.41) is 13.2. The molecule has 0 spiro atoms. The van der Waals surface area contributed by atoms with Crippen LogP contribution in [0, 0.1) is 0 Å². The Morgan fingerprint density at radius 3 is 1.74 bits per heavy atom. The Balaban J connectivity index is 0.00000242. The molecular weight excluding hydrogens is 314 g/mol. The minimum atomic E-state index is -0.941. The minimum Gasteiger partial charge on any atom is -0.550 e. The van der Waals surface area contributed by atoms with Gasteiger partial charge < -0.3 is 9.90 Å². The number of carbonyl (C=O) groups excluding carboxylic acids is 1. The van der Waals surface area contributed by atoms with Gasteiger partial charge >= 0.3 is 29.6 Å². The maximum atomic E-state index is 10.4. The van der Waals surface area contributed by atoms with Gasteiger partial charge in [-0.25, -0.2) is 0 Å². The van der Waals surface area contributed by atoms with Crippen molar-refractivity contribution in [2.75, 3.05) is 6.16 Å². The maximum Gasteiger partial charge on any atom is 1.00 e. The molecule has 2 nitrogen and oxygen atoms in total. The molecule has 2 rings (SSSR count). The zero-order chi connectivity index (χ0) is 14.9. The van der Waals surface area contributed by atoms with Gasteiger partial charge in [-0.15, -0.1) is 0 Å². The predicted octanol–water partition coefficient (Wildman–Crippen LogP) is 0.0697. The van der Waals surface area contributed by atoms with Crippen molar-refractivity contribution >= 4 is 24.5 Å². The van der Waals surface area contributed by atoms with Crippen LogP contribution in [0.1, 0.15) is 33.1 Å². The number of aliphatic carboxylic acids is 1. The van der Waals surface area contributed by atoms with Crippen LogP contribution in [0.25, 0.3) is 0 Å². The van der Waals surface area contributed by atoms with Gasteiger partial charge in [0.05, 0.1) is 0 Å². The molecule has 0 aliphatic carbocycles. The molecule has 0 amide bonds. The Labute approximate surface area is 163 Å². The summed E-state index contributed by atoms with van der Waals surface area (Å²) in [6, 6.07) is 21.2. The molecule has 0 bridgehead atoms. The Hall–Kier alpha value is -0.660. The number of carboxylic acids is 1. The fourth-order valence-corrected chi connectivity index (χ4v) is 4.76. The van der Waals surface area contributed by atoms with Crippen molar-refractivity contribution in [2.45, 2.75) is 33.1 Å². The molecule has 0 saturated carbocycles. The van der Waals surface area contributed by atoms with E-state index in [0.29, 0.717) is 0 Å². The molecule has 0 aliphatic heterocycles. The van der Waals surface area contributed by atoms with Crippen molar-refractivity contribution in [3.63, 3.8) is 0 Å². The van der Waals surface area contributed by atoms with E-state index in [4.69, 9.17) is 0 Å². The van der Waals surface area contributed by atoms with Gasteiger partial charge in [0, 0.05) is 5.97 Å². The molecule has 23 heavy (non-hydrogen) atoms. The first-order valence-electron chi connectivity index (χ1n) is 7.35. The van der Waals surface area contributed by atoms with Crippen LogP contribution in [0.15, 0.2) is 60.7 Å². The molecule has 0 unspecified atom stereocenters. The summed E-state index contributed by atoms with van der Waals surface area (Å²) >= 11 is 0. The predicted molar refractivity (Wildman–Crippen MR) is 94.1 cm³/mol. The molecule has 0 radical (unpaired) electrons. The van der Waals surface area contributed by atoms with E-state index in [1.54, 1.807) is 0 Å². The number of unbranched alkanes of at least 4 members (excludes halogenated alkanes) is 2. The summed E-state index contributed by atoms with van der Waals surface area (Å²) in [7, 11) is -0.346. The third kappa shape index (κ3) is 8.13. The van der Waals surface area contributed by atoms with Crippen LogP contribution < -0.4 is 45.3 Å². The molecule has 2 aromatic rings. The molecule has 0 aliphatic rings. The van der Waals surface area contributed by atoms with E-state index in [0.717, 1.165) is 25.4 Å². The second kappa shape index (κ2) is 12.7.